The number of pyridine rings is 1. The number of rotatable bonds is 8. The summed E-state index contributed by atoms with van der Waals surface area (Å²) in [5.74, 6) is -0.532. The monoisotopic (exact) mass is 290 g/mol. The van der Waals surface area contributed by atoms with Gasteiger partial charge in [-0.1, -0.05) is 26.7 Å². The molecule has 0 aromatic carbocycles. The van der Waals surface area contributed by atoms with E-state index in [1.54, 1.807) is 6.07 Å². The summed E-state index contributed by atoms with van der Waals surface area (Å²) < 4.78 is 0. The second kappa shape index (κ2) is 8.89. The first-order chi connectivity index (χ1) is 9.99. The number of hydrogen-bond donors (Lipinski definition) is 2. The fourth-order valence-corrected chi connectivity index (χ4v) is 1.82. The van der Waals surface area contributed by atoms with Gasteiger partial charge in [0, 0.05) is 25.0 Å². The molecule has 0 aliphatic heterocycles. The van der Waals surface area contributed by atoms with Crippen LogP contribution in [-0.2, 0) is 4.79 Å². The van der Waals surface area contributed by atoms with Crippen molar-refractivity contribution in [3.05, 3.63) is 35.7 Å². The van der Waals surface area contributed by atoms with Gasteiger partial charge < -0.3 is 10.4 Å². The van der Waals surface area contributed by atoms with E-state index in [2.05, 4.69) is 24.1 Å². The van der Waals surface area contributed by atoms with Gasteiger partial charge in [-0.3, -0.25) is 9.78 Å². The SMILES string of the molecule is CC(C)CCCCNC(=O)c1cncc(/C=C/C(=O)O)c1. The highest BCUT2D eigenvalue weighted by molar-refractivity contribution is 5.94. The molecule has 0 bridgehead atoms. The Morgan fingerprint density at radius 2 is 2.10 bits per heavy atom. The van der Waals surface area contributed by atoms with Crippen molar-refractivity contribution in [2.45, 2.75) is 33.1 Å². The summed E-state index contributed by atoms with van der Waals surface area (Å²) in [5, 5.41) is 11.4. The Bertz CT molecular complexity index is 510. The number of nitrogens with zero attached hydrogens (tertiary/aromatic N) is 1. The smallest absolute Gasteiger partial charge is 0.328 e. The van der Waals surface area contributed by atoms with Crippen LogP contribution in [0.2, 0.25) is 0 Å². The van der Waals surface area contributed by atoms with E-state index in [9.17, 15) is 9.59 Å². The number of aliphatic carboxylic acids is 1. The first-order valence-corrected chi connectivity index (χ1v) is 7.13. The first kappa shape index (κ1) is 16.9. The molecule has 0 radical (unpaired) electrons. The zero-order valence-electron chi connectivity index (χ0n) is 12.5. The third-order valence-corrected chi connectivity index (χ3v) is 2.93. The highest BCUT2D eigenvalue weighted by Crippen LogP contribution is 2.07. The van der Waals surface area contributed by atoms with Crippen molar-refractivity contribution in [1.82, 2.24) is 10.3 Å². The molecule has 0 atom stereocenters. The van der Waals surface area contributed by atoms with Crippen molar-refractivity contribution >= 4 is 18.0 Å². The molecule has 5 heteroatoms. The van der Waals surface area contributed by atoms with Gasteiger partial charge in [-0.25, -0.2) is 4.79 Å². The molecular weight excluding hydrogens is 268 g/mol. The second-order valence-corrected chi connectivity index (χ2v) is 5.32. The van der Waals surface area contributed by atoms with Crippen LogP contribution in [0.1, 0.15) is 49.0 Å². The highest BCUT2D eigenvalue weighted by atomic mass is 16.4. The molecule has 0 saturated carbocycles. The van der Waals surface area contributed by atoms with Gasteiger partial charge in [0.25, 0.3) is 5.91 Å². The van der Waals surface area contributed by atoms with Crippen molar-refractivity contribution < 1.29 is 14.7 Å². The van der Waals surface area contributed by atoms with Gasteiger partial charge in [-0.2, -0.15) is 0 Å². The Hall–Kier alpha value is -2.17. The minimum atomic E-state index is -1.03. The number of amides is 1. The van der Waals surface area contributed by atoms with Gasteiger partial charge in [0.1, 0.15) is 0 Å². The zero-order valence-corrected chi connectivity index (χ0v) is 12.5. The van der Waals surface area contributed by atoms with Crippen molar-refractivity contribution in [3.63, 3.8) is 0 Å². The molecule has 0 saturated heterocycles. The molecule has 1 aromatic heterocycles. The van der Waals surface area contributed by atoms with E-state index in [0.29, 0.717) is 23.6 Å². The van der Waals surface area contributed by atoms with Crippen LogP contribution in [-0.4, -0.2) is 28.5 Å². The predicted octanol–water partition coefficient (Wildman–Crippen LogP) is 2.74. The normalized spacial score (nSPS) is 11.0. The molecule has 0 fully saturated rings. The first-order valence-electron chi connectivity index (χ1n) is 7.13. The molecule has 2 N–H and O–H groups in total. The third-order valence-electron chi connectivity index (χ3n) is 2.93. The number of hydrogen-bond acceptors (Lipinski definition) is 3. The zero-order chi connectivity index (χ0) is 15.7. The molecule has 1 heterocycles. The minimum absolute atomic E-state index is 0.183. The standard InChI is InChI=1S/C16H22N2O3/c1-12(2)5-3-4-8-18-16(21)14-9-13(10-17-11-14)6-7-15(19)20/h6-7,9-12H,3-5,8H2,1-2H3,(H,18,21)(H,19,20)/b7-6+. The fourth-order valence-electron chi connectivity index (χ4n) is 1.82. The topological polar surface area (TPSA) is 79.3 Å². The lowest BCUT2D eigenvalue weighted by Gasteiger charge is -2.07. The Morgan fingerprint density at radius 3 is 2.76 bits per heavy atom. The van der Waals surface area contributed by atoms with Crippen LogP contribution in [0, 0.1) is 5.92 Å². The van der Waals surface area contributed by atoms with Gasteiger partial charge in [0.2, 0.25) is 0 Å². The van der Waals surface area contributed by atoms with E-state index >= 15 is 0 Å². The number of carboxylic acids is 1. The maximum Gasteiger partial charge on any atom is 0.328 e. The summed E-state index contributed by atoms with van der Waals surface area (Å²) in [4.78, 5) is 26.3. The average molecular weight is 290 g/mol. The van der Waals surface area contributed by atoms with E-state index in [-0.39, 0.29) is 5.91 Å². The van der Waals surface area contributed by atoms with Crippen LogP contribution in [0.15, 0.2) is 24.5 Å². The predicted molar refractivity (Wildman–Crippen MR) is 81.9 cm³/mol. The van der Waals surface area contributed by atoms with Gasteiger partial charge in [-0.15, -0.1) is 0 Å². The van der Waals surface area contributed by atoms with Crippen molar-refractivity contribution in [1.29, 1.82) is 0 Å². The number of carbonyl (C=O) groups is 2. The van der Waals surface area contributed by atoms with Crippen LogP contribution in [0.4, 0.5) is 0 Å². The highest BCUT2D eigenvalue weighted by Gasteiger charge is 2.05. The maximum atomic E-state index is 11.9. The lowest BCUT2D eigenvalue weighted by Crippen LogP contribution is -2.24. The Labute approximate surface area is 125 Å². The molecule has 5 nitrogen and oxygen atoms in total. The minimum Gasteiger partial charge on any atom is -0.478 e. The van der Waals surface area contributed by atoms with Crippen LogP contribution in [0.3, 0.4) is 0 Å². The van der Waals surface area contributed by atoms with E-state index < -0.39 is 5.97 Å². The molecule has 0 aliphatic carbocycles. The number of carboxylic acid groups (broad SMARTS) is 1. The van der Waals surface area contributed by atoms with E-state index in [1.807, 2.05) is 0 Å². The lowest BCUT2D eigenvalue weighted by molar-refractivity contribution is -0.131. The molecule has 114 valence electrons. The number of nitrogens with one attached hydrogen (secondary N) is 1. The number of carbonyl (C=O) groups excluding carboxylic acids is 1. The number of unbranched alkanes of at least 4 members (excludes halogenated alkanes) is 1. The van der Waals surface area contributed by atoms with Crippen molar-refractivity contribution in [2.75, 3.05) is 6.54 Å². The van der Waals surface area contributed by atoms with Gasteiger partial charge >= 0.3 is 5.97 Å². The fraction of sp³-hybridized carbons (Fsp3) is 0.438. The molecular formula is C16H22N2O3. The Balaban J connectivity index is 2.47. The van der Waals surface area contributed by atoms with Crippen LogP contribution >= 0.6 is 0 Å². The molecule has 0 aliphatic rings. The molecule has 1 aromatic rings. The third kappa shape index (κ3) is 7.25. The van der Waals surface area contributed by atoms with Crippen LogP contribution in [0.5, 0.6) is 0 Å². The maximum absolute atomic E-state index is 11.9. The van der Waals surface area contributed by atoms with E-state index in [0.717, 1.165) is 25.3 Å². The number of aromatic nitrogens is 1. The largest absolute Gasteiger partial charge is 0.478 e. The molecule has 1 rings (SSSR count). The summed E-state index contributed by atoms with van der Waals surface area (Å²) >= 11 is 0. The van der Waals surface area contributed by atoms with Gasteiger partial charge in [-0.05, 0) is 30.0 Å². The summed E-state index contributed by atoms with van der Waals surface area (Å²) in [5.41, 5.74) is 1.02. The Kier molecular flexibility index (Phi) is 7.15. The summed E-state index contributed by atoms with van der Waals surface area (Å²) in [6.45, 7) is 5.00. The van der Waals surface area contributed by atoms with Gasteiger partial charge in [0.05, 0.1) is 5.56 Å². The summed E-state index contributed by atoms with van der Waals surface area (Å²) in [7, 11) is 0. The molecule has 21 heavy (non-hydrogen) atoms. The van der Waals surface area contributed by atoms with E-state index in [4.69, 9.17) is 5.11 Å². The molecule has 0 unspecified atom stereocenters. The molecule has 1 amide bonds. The van der Waals surface area contributed by atoms with Gasteiger partial charge in [0.15, 0.2) is 0 Å². The lowest BCUT2D eigenvalue weighted by atomic mass is 10.1. The quantitative estimate of drug-likeness (QED) is 0.570. The van der Waals surface area contributed by atoms with Crippen LogP contribution in [0.25, 0.3) is 6.08 Å². The average Bonchev–Trinajstić information content (AvgIpc) is 2.44. The van der Waals surface area contributed by atoms with Crippen molar-refractivity contribution in [2.24, 2.45) is 5.92 Å². The second-order valence-electron chi connectivity index (χ2n) is 5.32. The Morgan fingerprint density at radius 1 is 1.33 bits per heavy atom. The summed E-state index contributed by atoms with van der Waals surface area (Å²) in [6.07, 6.45) is 8.63. The molecule has 0 spiro atoms. The van der Waals surface area contributed by atoms with Crippen molar-refractivity contribution in [3.8, 4) is 0 Å². The van der Waals surface area contributed by atoms with Crippen LogP contribution < -0.4 is 5.32 Å². The summed E-state index contributed by atoms with van der Waals surface area (Å²) in [6, 6.07) is 1.62. The van der Waals surface area contributed by atoms with E-state index in [1.165, 1.54) is 18.5 Å².